The molecule has 0 aliphatic carbocycles. The minimum absolute atomic E-state index is 0.189. The molecular formula is C9H11N5O2. The van der Waals surface area contributed by atoms with Crippen molar-refractivity contribution in [2.45, 2.75) is 0 Å². The van der Waals surface area contributed by atoms with Crippen molar-refractivity contribution in [3.63, 3.8) is 0 Å². The summed E-state index contributed by atoms with van der Waals surface area (Å²) < 4.78 is 0. The molecule has 0 atom stereocenters. The first kappa shape index (κ1) is 11.9. The van der Waals surface area contributed by atoms with E-state index in [1.54, 1.807) is 18.0 Å². The number of rotatable bonds is 4. The van der Waals surface area contributed by atoms with Crippen LogP contribution < -0.4 is 10.6 Å². The van der Waals surface area contributed by atoms with Crippen molar-refractivity contribution in [3.05, 3.63) is 27.9 Å². The number of likely N-dealkylation sites (N-methyl/N-ethyl adjacent to an activating group) is 1. The van der Waals surface area contributed by atoms with E-state index in [4.69, 9.17) is 11.0 Å². The summed E-state index contributed by atoms with van der Waals surface area (Å²) >= 11 is 0. The molecule has 0 aliphatic rings. The molecule has 16 heavy (non-hydrogen) atoms. The van der Waals surface area contributed by atoms with Gasteiger partial charge in [0.15, 0.2) is 0 Å². The van der Waals surface area contributed by atoms with Gasteiger partial charge in [-0.2, -0.15) is 5.26 Å². The van der Waals surface area contributed by atoms with Gasteiger partial charge in [0.1, 0.15) is 11.9 Å². The minimum atomic E-state index is -0.627. The fraction of sp³-hybridized carbons (Fsp3) is 0.333. The van der Waals surface area contributed by atoms with Gasteiger partial charge in [0, 0.05) is 26.2 Å². The van der Waals surface area contributed by atoms with Crippen LogP contribution in [0.2, 0.25) is 0 Å². The number of nitriles is 1. The van der Waals surface area contributed by atoms with E-state index in [-0.39, 0.29) is 11.4 Å². The van der Waals surface area contributed by atoms with Crippen LogP contribution in [0.15, 0.2) is 12.1 Å². The third-order valence-corrected chi connectivity index (χ3v) is 2.02. The Kier molecular flexibility index (Phi) is 3.74. The van der Waals surface area contributed by atoms with E-state index in [0.717, 1.165) is 0 Å². The molecular weight excluding hydrogens is 210 g/mol. The highest BCUT2D eigenvalue weighted by molar-refractivity contribution is 5.51. The van der Waals surface area contributed by atoms with E-state index in [2.05, 4.69) is 4.98 Å². The Labute approximate surface area is 92.3 Å². The minimum Gasteiger partial charge on any atom is -0.358 e. The lowest BCUT2D eigenvalue weighted by atomic mass is 10.3. The highest BCUT2D eigenvalue weighted by atomic mass is 16.6. The van der Waals surface area contributed by atoms with Gasteiger partial charge in [-0.3, -0.25) is 10.1 Å². The maximum Gasteiger partial charge on any atom is 0.305 e. The van der Waals surface area contributed by atoms with E-state index in [9.17, 15) is 10.1 Å². The summed E-state index contributed by atoms with van der Waals surface area (Å²) in [6, 6.07) is 4.47. The molecule has 1 aromatic heterocycles. The van der Waals surface area contributed by atoms with Crippen LogP contribution in [0.4, 0.5) is 11.5 Å². The third kappa shape index (κ3) is 2.43. The number of anilines is 1. The summed E-state index contributed by atoms with van der Waals surface area (Å²) in [5, 5.41) is 19.3. The zero-order valence-corrected chi connectivity index (χ0v) is 8.75. The van der Waals surface area contributed by atoms with Crippen molar-refractivity contribution in [2.24, 2.45) is 5.73 Å². The Morgan fingerprint density at radius 2 is 2.38 bits per heavy atom. The summed E-state index contributed by atoms with van der Waals surface area (Å²) in [5.41, 5.74) is 4.90. The maximum absolute atomic E-state index is 10.6. The topological polar surface area (TPSA) is 109 Å². The Balaban J connectivity index is 3.10. The first-order valence-corrected chi connectivity index (χ1v) is 4.57. The second-order valence-electron chi connectivity index (χ2n) is 3.12. The fourth-order valence-corrected chi connectivity index (χ4v) is 1.19. The average molecular weight is 221 g/mol. The standard InChI is InChI=1S/C9H11N5O2/c1-13(5-4-10)9-3-2-8(14(15)16)7(6-11)12-9/h2-3H,4-5,10H2,1H3. The molecule has 2 N–H and O–H groups in total. The van der Waals surface area contributed by atoms with Crippen LogP contribution in [0, 0.1) is 21.4 Å². The van der Waals surface area contributed by atoms with Gasteiger partial charge in [-0.05, 0) is 6.07 Å². The van der Waals surface area contributed by atoms with Crippen LogP contribution in [-0.2, 0) is 0 Å². The van der Waals surface area contributed by atoms with Crippen LogP contribution in [0.25, 0.3) is 0 Å². The Bertz CT molecular complexity index is 440. The van der Waals surface area contributed by atoms with Gasteiger partial charge in [0.2, 0.25) is 5.69 Å². The number of nitrogens with two attached hydrogens (primary N) is 1. The predicted molar refractivity (Wildman–Crippen MR) is 57.9 cm³/mol. The van der Waals surface area contributed by atoms with Gasteiger partial charge >= 0.3 is 5.69 Å². The lowest BCUT2D eigenvalue weighted by Crippen LogP contribution is -2.25. The molecule has 0 amide bonds. The van der Waals surface area contributed by atoms with Gasteiger partial charge < -0.3 is 10.6 Å². The second-order valence-corrected chi connectivity index (χ2v) is 3.12. The molecule has 0 aliphatic heterocycles. The van der Waals surface area contributed by atoms with Crippen LogP contribution >= 0.6 is 0 Å². The van der Waals surface area contributed by atoms with Crippen LogP contribution in [0.1, 0.15) is 5.69 Å². The van der Waals surface area contributed by atoms with Crippen molar-refractivity contribution >= 4 is 11.5 Å². The Morgan fingerprint density at radius 1 is 1.69 bits per heavy atom. The fourth-order valence-electron chi connectivity index (χ4n) is 1.19. The predicted octanol–water partition coefficient (Wildman–Crippen LogP) is 0.256. The van der Waals surface area contributed by atoms with Gasteiger partial charge in [-0.1, -0.05) is 0 Å². The van der Waals surface area contributed by atoms with Gasteiger partial charge in [-0.15, -0.1) is 0 Å². The zero-order chi connectivity index (χ0) is 12.1. The molecule has 7 heteroatoms. The van der Waals surface area contributed by atoms with Gasteiger partial charge in [-0.25, -0.2) is 4.98 Å². The number of hydrogen-bond donors (Lipinski definition) is 1. The molecule has 1 rings (SSSR count). The van der Waals surface area contributed by atoms with Gasteiger partial charge in [0.05, 0.1) is 4.92 Å². The van der Waals surface area contributed by atoms with Crippen LogP contribution in [0.3, 0.4) is 0 Å². The monoisotopic (exact) mass is 221 g/mol. The van der Waals surface area contributed by atoms with E-state index in [0.29, 0.717) is 18.9 Å². The number of nitrogens with zero attached hydrogens (tertiary/aromatic N) is 4. The third-order valence-electron chi connectivity index (χ3n) is 2.02. The molecule has 7 nitrogen and oxygen atoms in total. The molecule has 0 aromatic carbocycles. The Hall–Kier alpha value is -2.20. The molecule has 1 heterocycles. The van der Waals surface area contributed by atoms with E-state index < -0.39 is 4.92 Å². The summed E-state index contributed by atoms with van der Waals surface area (Å²) in [6.07, 6.45) is 0. The summed E-state index contributed by atoms with van der Waals surface area (Å²) in [5.74, 6) is 0.493. The molecule has 0 saturated heterocycles. The van der Waals surface area contributed by atoms with Crippen molar-refractivity contribution in [3.8, 4) is 6.07 Å². The van der Waals surface area contributed by atoms with Crippen molar-refractivity contribution in [1.29, 1.82) is 5.26 Å². The average Bonchev–Trinajstić information content (AvgIpc) is 2.28. The number of nitro groups is 1. The van der Waals surface area contributed by atoms with E-state index in [1.165, 1.54) is 12.1 Å². The smallest absolute Gasteiger partial charge is 0.305 e. The van der Waals surface area contributed by atoms with Crippen LogP contribution in [0.5, 0.6) is 0 Å². The highest BCUT2D eigenvalue weighted by Gasteiger charge is 2.16. The van der Waals surface area contributed by atoms with E-state index >= 15 is 0 Å². The first-order valence-electron chi connectivity index (χ1n) is 4.57. The quantitative estimate of drug-likeness (QED) is 0.576. The molecule has 0 bridgehead atoms. The lowest BCUT2D eigenvalue weighted by molar-refractivity contribution is -0.385. The zero-order valence-electron chi connectivity index (χ0n) is 8.75. The molecule has 1 aromatic rings. The Morgan fingerprint density at radius 3 is 2.88 bits per heavy atom. The number of aromatic nitrogens is 1. The molecule has 0 saturated carbocycles. The van der Waals surface area contributed by atoms with Crippen molar-refractivity contribution < 1.29 is 4.92 Å². The molecule has 0 unspecified atom stereocenters. The summed E-state index contributed by atoms with van der Waals surface area (Å²) in [4.78, 5) is 15.6. The van der Waals surface area contributed by atoms with Crippen molar-refractivity contribution in [1.82, 2.24) is 4.98 Å². The second kappa shape index (κ2) is 5.04. The molecule has 0 radical (unpaired) electrons. The van der Waals surface area contributed by atoms with Crippen LogP contribution in [-0.4, -0.2) is 30.0 Å². The largest absolute Gasteiger partial charge is 0.358 e. The van der Waals surface area contributed by atoms with Gasteiger partial charge in [0.25, 0.3) is 0 Å². The highest BCUT2D eigenvalue weighted by Crippen LogP contribution is 2.19. The summed E-state index contributed by atoms with van der Waals surface area (Å²) in [7, 11) is 1.75. The first-order chi connectivity index (χ1) is 7.60. The lowest BCUT2D eigenvalue weighted by Gasteiger charge is -2.16. The molecule has 84 valence electrons. The molecule has 0 spiro atoms. The van der Waals surface area contributed by atoms with Crippen molar-refractivity contribution in [2.75, 3.05) is 25.0 Å². The normalized spacial score (nSPS) is 9.56. The SMILES string of the molecule is CN(CCN)c1ccc([N+](=O)[O-])c(C#N)n1. The van der Waals surface area contributed by atoms with E-state index in [1.807, 2.05) is 0 Å². The maximum atomic E-state index is 10.6. The summed E-state index contributed by atoms with van der Waals surface area (Å²) in [6.45, 7) is 1.01. The number of hydrogen-bond acceptors (Lipinski definition) is 6. The molecule has 0 fully saturated rings. The number of pyridine rings is 1.